The van der Waals surface area contributed by atoms with Crippen LogP contribution in [0.4, 0.5) is 0 Å². The first kappa shape index (κ1) is 19.3. The van der Waals surface area contributed by atoms with Gasteiger partial charge in [0.25, 0.3) is 0 Å². The zero-order chi connectivity index (χ0) is 19.6. The summed E-state index contributed by atoms with van der Waals surface area (Å²) in [6, 6.07) is 5.50. The molecule has 10 heteroatoms. The van der Waals surface area contributed by atoms with Gasteiger partial charge in [0, 0.05) is 19.6 Å². The number of aromatic nitrogens is 3. The summed E-state index contributed by atoms with van der Waals surface area (Å²) in [6.45, 7) is 2.18. The molecule has 9 nitrogen and oxygen atoms in total. The summed E-state index contributed by atoms with van der Waals surface area (Å²) in [4.78, 5) is 15.5. The fraction of sp³-hybridized carbons (Fsp3) is 0.471. The minimum Gasteiger partial charge on any atom is -0.486 e. The number of ether oxygens (including phenoxy) is 1. The number of carboxylic acids is 1. The Balaban J connectivity index is 1.73. The van der Waals surface area contributed by atoms with Crippen LogP contribution in [0.25, 0.3) is 0 Å². The van der Waals surface area contributed by atoms with Gasteiger partial charge in [0.2, 0.25) is 10.0 Å². The third-order valence-corrected chi connectivity index (χ3v) is 6.85. The molecular formula is C17H22N4O5S. The average Bonchev–Trinajstić information content (AvgIpc) is 3.05. The van der Waals surface area contributed by atoms with Crippen LogP contribution < -0.4 is 4.74 Å². The number of aliphatic carboxylic acids is 1. The van der Waals surface area contributed by atoms with Crippen LogP contribution in [-0.2, 0) is 28.5 Å². The lowest BCUT2D eigenvalue weighted by Gasteiger charge is -2.36. The first-order valence-corrected chi connectivity index (χ1v) is 10.0. The van der Waals surface area contributed by atoms with E-state index >= 15 is 0 Å². The van der Waals surface area contributed by atoms with Crippen LogP contribution in [0.5, 0.6) is 5.75 Å². The summed E-state index contributed by atoms with van der Waals surface area (Å²) in [5, 5.41) is 13.3. The summed E-state index contributed by atoms with van der Waals surface area (Å²) in [5.74, 6) is -0.502. The molecule has 0 spiro atoms. The zero-order valence-corrected chi connectivity index (χ0v) is 16.0. The maximum absolute atomic E-state index is 12.9. The molecule has 0 radical (unpaired) electrons. The fourth-order valence-electron chi connectivity index (χ4n) is 3.22. The van der Waals surface area contributed by atoms with E-state index in [1.54, 1.807) is 30.8 Å². The molecule has 0 bridgehead atoms. The molecule has 1 N–H and O–H groups in total. The molecule has 0 amide bonds. The normalized spacial score (nSPS) is 21.1. The first-order chi connectivity index (χ1) is 12.8. The molecule has 0 unspecified atom stereocenters. The van der Waals surface area contributed by atoms with Crippen LogP contribution in [0.2, 0.25) is 0 Å². The number of nitrogens with zero attached hydrogens (tertiary/aromatic N) is 4. The van der Waals surface area contributed by atoms with Crippen LogP contribution in [0.1, 0.15) is 25.6 Å². The Morgan fingerprint density at radius 1 is 1.33 bits per heavy atom. The third kappa shape index (κ3) is 3.96. The summed E-state index contributed by atoms with van der Waals surface area (Å²) in [7, 11) is -2.02. The van der Waals surface area contributed by atoms with E-state index in [2.05, 4.69) is 10.1 Å². The molecular weight excluding hydrogens is 372 g/mol. The molecule has 1 aromatic heterocycles. The Kier molecular flexibility index (Phi) is 5.47. The smallest absolute Gasteiger partial charge is 0.308 e. The van der Waals surface area contributed by atoms with Crippen molar-refractivity contribution in [3.63, 3.8) is 0 Å². The van der Waals surface area contributed by atoms with E-state index in [1.165, 1.54) is 22.8 Å². The van der Waals surface area contributed by atoms with E-state index in [0.717, 1.165) is 0 Å². The molecule has 1 aliphatic rings. The molecule has 0 aliphatic carbocycles. The Bertz CT molecular complexity index is 910. The molecule has 1 aliphatic heterocycles. The molecule has 0 saturated carbocycles. The van der Waals surface area contributed by atoms with Crippen LogP contribution in [0, 0.1) is 5.92 Å². The fourth-order valence-corrected chi connectivity index (χ4v) is 4.93. The predicted octanol–water partition coefficient (Wildman–Crippen LogP) is 1.27. The second-order valence-electron chi connectivity index (χ2n) is 6.50. The van der Waals surface area contributed by atoms with Gasteiger partial charge in [0.1, 0.15) is 18.7 Å². The van der Waals surface area contributed by atoms with Crippen molar-refractivity contribution in [1.82, 2.24) is 19.1 Å². The number of carbonyl (C=O) groups is 1. The topological polar surface area (TPSA) is 115 Å². The molecule has 1 fully saturated rings. The highest BCUT2D eigenvalue weighted by molar-refractivity contribution is 7.89. The Labute approximate surface area is 157 Å². The van der Waals surface area contributed by atoms with Gasteiger partial charge in [-0.15, -0.1) is 0 Å². The van der Waals surface area contributed by atoms with E-state index in [9.17, 15) is 18.3 Å². The largest absolute Gasteiger partial charge is 0.486 e. The molecule has 1 aromatic carbocycles. The molecule has 2 heterocycles. The quantitative estimate of drug-likeness (QED) is 0.784. The Morgan fingerprint density at radius 2 is 2.04 bits per heavy atom. The first-order valence-electron chi connectivity index (χ1n) is 8.61. The third-order valence-electron chi connectivity index (χ3n) is 4.85. The highest BCUT2D eigenvalue weighted by Crippen LogP contribution is 2.30. The van der Waals surface area contributed by atoms with Gasteiger partial charge in [-0.1, -0.05) is 0 Å². The van der Waals surface area contributed by atoms with Gasteiger partial charge in [0.15, 0.2) is 5.82 Å². The number of benzene rings is 1. The van der Waals surface area contributed by atoms with Gasteiger partial charge in [-0.3, -0.25) is 9.48 Å². The summed E-state index contributed by atoms with van der Waals surface area (Å²) < 4.78 is 34.4. The second kappa shape index (κ2) is 7.65. The minimum absolute atomic E-state index is 0.117. The lowest BCUT2D eigenvalue weighted by Crippen LogP contribution is -2.48. The molecule has 146 valence electrons. The van der Waals surface area contributed by atoms with Crippen LogP contribution >= 0.6 is 0 Å². The van der Waals surface area contributed by atoms with Gasteiger partial charge >= 0.3 is 5.97 Å². The van der Waals surface area contributed by atoms with Crippen molar-refractivity contribution in [2.75, 3.05) is 6.54 Å². The lowest BCUT2D eigenvalue weighted by molar-refractivity contribution is -0.144. The summed E-state index contributed by atoms with van der Waals surface area (Å²) in [5.41, 5.74) is 0. The SMILES string of the molecule is C[C@@H]1[C@H](C(=O)O)CCCN1S(=O)(=O)c1ccc(OCc2ncnn2C)cc1. The molecule has 2 aromatic rings. The number of aryl methyl sites for hydroxylation is 1. The molecule has 3 rings (SSSR count). The van der Waals surface area contributed by atoms with Crippen LogP contribution in [0.15, 0.2) is 35.5 Å². The number of rotatable bonds is 6. The number of piperidine rings is 1. The number of carboxylic acid groups (broad SMARTS) is 1. The van der Waals surface area contributed by atoms with Crippen LogP contribution in [0.3, 0.4) is 0 Å². The van der Waals surface area contributed by atoms with Gasteiger partial charge in [-0.2, -0.15) is 9.40 Å². The number of hydrogen-bond donors (Lipinski definition) is 1. The van der Waals surface area contributed by atoms with Crippen molar-refractivity contribution in [1.29, 1.82) is 0 Å². The van der Waals surface area contributed by atoms with Gasteiger partial charge in [-0.25, -0.2) is 13.4 Å². The summed E-state index contributed by atoms with van der Waals surface area (Å²) >= 11 is 0. The number of sulfonamides is 1. The van der Waals surface area contributed by atoms with E-state index in [0.29, 0.717) is 31.0 Å². The van der Waals surface area contributed by atoms with Gasteiger partial charge < -0.3 is 9.84 Å². The van der Waals surface area contributed by atoms with Crippen molar-refractivity contribution >= 4 is 16.0 Å². The Morgan fingerprint density at radius 3 is 2.63 bits per heavy atom. The molecule has 27 heavy (non-hydrogen) atoms. The Hall–Kier alpha value is -2.46. The van der Waals surface area contributed by atoms with Crippen molar-refractivity contribution < 1.29 is 23.1 Å². The maximum atomic E-state index is 12.9. The predicted molar refractivity (Wildman–Crippen MR) is 95.5 cm³/mol. The molecule has 1 saturated heterocycles. The van der Waals surface area contributed by atoms with E-state index < -0.39 is 28.0 Å². The highest BCUT2D eigenvalue weighted by atomic mass is 32.2. The number of hydrogen-bond acceptors (Lipinski definition) is 6. The average molecular weight is 394 g/mol. The standard InChI is InChI=1S/C17H22N4O5S/c1-12-15(17(22)23)4-3-9-21(12)27(24,25)14-7-5-13(6-8-14)26-10-16-18-11-19-20(16)2/h5-8,11-12,15H,3-4,9-10H2,1-2H3,(H,22,23)/t12-,15-/m1/s1. The van der Waals surface area contributed by atoms with Crippen molar-refractivity contribution in [3.8, 4) is 5.75 Å². The monoisotopic (exact) mass is 394 g/mol. The van der Waals surface area contributed by atoms with Gasteiger partial charge in [-0.05, 0) is 44.0 Å². The van der Waals surface area contributed by atoms with Gasteiger partial charge in [0.05, 0.1) is 10.8 Å². The van der Waals surface area contributed by atoms with E-state index in [4.69, 9.17) is 4.74 Å². The molecule has 2 atom stereocenters. The van der Waals surface area contributed by atoms with E-state index in [-0.39, 0.29) is 11.5 Å². The highest BCUT2D eigenvalue weighted by Gasteiger charge is 2.39. The van der Waals surface area contributed by atoms with Crippen LogP contribution in [-0.4, -0.2) is 51.1 Å². The maximum Gasteiger partial charge on any atom is 0.308 e. The zero-order valence-electron chi connectivity index (χ0n) is 15.1. The minimum atomic E-state index is -3.77. The van der Waals surface area contributed by atoms with E-state index in [1.807, 2.05) is 0 Å². The second-order valence-corrected chi connectivity index (χ2v) is 8.39. The van der Waals surface area contributed by atoms with Crippen molar-refractivity contribution in [2.24, 2.45) is 13.0 Å². The summed E-state index contributed by atoms with van der Waals surface area (Å²) in [6.07, 6.45) is 2.44. The lowest BCUT2D eigenvalue weighted by atomic mass is 9.92. The van der Waals surface area contributed by atoms with Crippen molar-refractivity contribution in [3.05, 3.63) is 36.4 Å². The van der Waals surface area contributed by atoms with Crippen molar-refractivity contribution in [2.45, 2.75) is 37.3 Å².